The van der Waals surface area contributed by atoms with Crippen molar-refractivity contribution in [2.45, 2.75) is 32.7 Å². The number of anilines is 2. The Morgan fingerprint density at radius 3 is 2.41 bits per heavy atom. The van der Waals surface area contributed by atoms with Gasteiger partial charge in [0.1, 0.15) is 4.88 Å². The van der Waals surface area contributed by atoms with Crippen LogP contribution in [0.4, 0.5) is 29.3 Å². The molecule has 12 heteroatoms. The Labute approximate surface area is 198 Å². The highest BCUT2D eigenvalue weighted by atomic mass is 32.1. The molecule has 1 atom stereocenters. The number of amides is 2. The summed E-state index contributed by atoms with van der Waals surface area (Å²) < 4.78 is 50.7. The Hall–Kier alpha value is -2.83. The number of carbonyl (C=O) groups excluding carboxylic acids is 2. The molecular formula is C22H25F3N4O4S. The lowest BCUT2D eigenvalue weighted by molar-refractivity contribution is -0.134. The summed E-state index contributed by atoms with van der Waals surface area (Å²) in [5, 5.41) is 0.699. The van der Waals surface area contributed by atoms with Gasteiger partial charge in [-0.15, -0.1) is 11.3 Å². The highest BCUT2D eigenvalue weighted by Gasteiger charge is 2.41. The summed E-state index contributed by atoms with van der Waals surface area (Å²) in [6, 6.07) is 7.30. The molecule has 0 radical (unpaired) electrons. The summed E-state index contributed by atoms with van der Waals surface area (Å²) in [7, 11) is 0. The van der Waals surface area contributed by atoms with Crippen LogP contribution in [0.3, 0.4) is 0 Å². The van der Waals surface area contributed by atoms with Crippen LogP contribution in [0, 0.1) is 6.92 Å². The van der Waals surface area contributed by atoms with Crippen molar-refractivity contribution >= 4 is 34.7 Å². The number of rotatable bonds is 5. The first-order valence-corrected chi connectivity index (χ1v) is 11.6. The van der Waals surface area contributed by atoms with Crippen LogP contribution in [-0.2, 0) is 22.1 Å². The number of hydrogen-bond acceptors (Lipinski definition) is 7. The van der Waals surface area contributed by atoms with E-state index in [9.17, 15) is 22.8 Å². The summed E-state index contributed by atoms with van der Waals surface area (Å²) in [4.78, 5) is 28.1. The quantitative estimate of drug-likeness (QED) is 0.384. The Morgan fingerprint density at radius 2 is 1.82 bits per heavy atom. The van der Waals surface area contributed by atoms with Crippen LogP contribution in [0.25, 0.3) is 0 Å². The first-order valence-electron chi connectivity index (χ1n) is 10.8. The molecule has 8 nitrogen and oxygen atoms in total. The minimum Gasteiger partial charge on any atom is -0.422 e. The van der Waals surface area contributed by atoms with Gasteiger partial charge in [0.05, 0.1) is 24.6 Å². The minimum atomic E-state index is -4.57. The molecular weight excluding hydrogens is 473 g/mol. The van der Waals surface area contributed by atoms with Gasteiger partial charge in [0.25, 0.3) is 5.91 Å². The molecule has 1 aromatic heterocycles. The van der Waals surface area contributed by atoms with Gasteiger partial charge in [0, 0.05) is 24.5 Å². The number of hydrogen-bond donors (Lipinski definition) is 1. The largest absolute Gasteiger partial charge is 0.425 e. The van der Waals surface area contributed by atoms with Crippen molar-refractivity contribution in [3.05, 3.63) is 45.1 Å². The monoisotopic (exact) mass is 498 g/mol. The number of ether oxygens (including phenoxy) is 2. The molecule has 34 heavy (non-hydrogen) atoms. The van der Waals surface area contributed by atoms with Crippen molar-refractivity contribution in [3.8, 4) is 0 Å². The number of halogens is 3. The van der Waals surface area contributed by atoms with Crippen molar-refractivity contribution in [2.75, 3.05) is 42.6 Å². The van der Waals surface area contributed by atoms with Gasteiger partial charge < -0.3 is 14.4 Å². The molecule has 2 saturated heterocycles. The molecule has 2 amide bonds. The molecule has 1 unspecified atom stereocenters. The molecule has 0 spiro atoms. The summed E-state index contributed by atoms with van der Waals surface area (Å²) in [5.74, 6) is 5.14. The van der Waals surface area contributed by atoms with Crippen molar-refractivity contribution in [2.24, 2.45) is 5.84 Å². The van der Waals surface area contributed by atoms with Crippen molar-refractivity contribution in [3.63, 3.8) is 0 Å². The van der Waals surface area contributed by atoms with E-state index in [0.717, 1.165) is 18.8 Å². The molecule has 0 saturated carbocycles. The maximum atomic E-state index is 13.4. The number of cyclic esters (lactones) is 1. The van der Waals surface area contributed by atoms with E-state index < -0.39 is 29.3 Å². The van der Waals surface area contributed by atoms with E-state index in [1.165, 1.54) is 11.8 Å². The summed E-state index contributed by atoms with van der Waals surface area (Å²) in [6.45, 7) is 5.81. The molecule has 0 aliphatic carbocycles. The van der Waals surface area contributed by atoms with Crippen LogP contribution in [0.15, 0.2) is 24.3 Å². The zero-order valence-electron chi connectivity index (χ0n) is 18.7. The van der Waals surface area contributed by atoms with Gasteiger partial charge in [0.2, 0.25) is 6.23 Å². The van der Waals surface area contributed by atoms with Crippen LogP contribution >= 0.6 is 11.3 Å². The van der Waals surface area contributed by atoms with Crippen molar-refractivity contribution < 1.29 is 32.2 Å². The van der Waals surface area contributed by atoms with E-state index in [2.05, 4.69) is 4.90 Å². The zero-order valence-corrected chi connectivity index (χ0v) is 19.5. The fourth-order valence-electron chi connectivity index (χ4n) is 4.13. The standard InChI is InChI=1S/C22H25F3N4O4S/c1-3-16-13(2)19(22(23,24)25)34-18(16)20(30)29(26)17-12-28(21(31)33-17)15-6-4-14(5-7-15)27-8-10-32-11-9-27/h4-7,17H,3,8-12,26H2,1-2H3. The molecule has 2 aliphatic rings. The summed E-state index contributed by atoms with van der Waals surface area (Å²) in [5.41, 5.74) is 1.86. The molecule has 2 aliphatic heterocycles. The SMILES string of the molecule is CCc1c(C(=O)N(N)C2CN(c3ccc(N4CCOCC4)cc3)C(=O)O2)sc(C(F)(F)F)c1C. The van der Waals surface area contributed by atoms with Crippen LogP contribution in [0.2, 0.25) is 0 Å². The third kappa shape index (κ3) is 4.57. The predicted molar refractivity (Wildman–Crippen MR) is 121 cm³/mol. The lowest BCUT2D eigenvalue weighted by Gasteiger charge is -2.29. The number of hydrazine groups is 1. The smallest absolute Gasteiger partial charge is 0.422 e. The summed E-state index contributed by atoms with van der Waals surface area (Å²) in [6.07, 6.45) is -6.16. The zero-order chi connectivity index (χ0) is 24.6. The van der Waals surface area contributed by atoms with Gasteiger partial charge >= 0.3 is 12.3 Å². The number of thiophene rings is 1. The van der Waals surface area contributed by atoms with Gasteiger partial charge in [-0.2, -0.15) is 13.2 Å². The number of nitrogens with two attached hydrogens (primary N) is 1. The molecule has 4 rings (SSSR count). The van der Waals surface area contributed by atoms with Crippen LogP contribution in [0.1, 0.15) is 32.6 Å². The fraction of sp³-hybridized carbons (Fsp3) is 0.455. The maximum absolute atomic E-state index is 13.4. The molecule has 0 bridgehead atoms. The van der Waals surface area contributed by atoms with Gasteiger partial charge in [-0.25, -0.2) is 15.6 Å². The number of benzene rings is 1. The van der Waals surface area contributed by atoms with Gasteiger partial charge in [0.15, 0.2) is 0 Å². The number of nitrogens with zero attached hydrogens (tertiary/aromatic N) is 3. The Kier molecular flexibility index (Phi) is 6.74. The van der Waals surface area contributed by atoms with Crippen molar-refractivity contribution in [1.29, 1.82) is 0 Å². The number of alkyl halides is 3. The van der Waals surface area contributed by atoms with E-state index in [1.54, 1.807) is 19.1 Å². The van der Waals surface area contributed by atoms with Crippen LogP contribution in [0.5, 0.6) is 0 Å². The molecule has 2 aromatic rings. The predicted octanol–water partition coefficient (Wildman–Crippen LogP) is 3.77. The first kappa shape index (κ1) is 24.3. The van der Waals surface area contributed by atoms with Gasteiger partial charge in [-0.1, -0.05) is 6.92 Å². The number of carbonyl (C=O) groups is 2. The molecule has 3 heterocycles. The topological polar surface area (TPSA) is 88.3 Å². The average molecular weight is 499 g/mol. The Morgan fingerprint density at radius 1 is 1.21 bits per heavy atom. The van der Waals surface area contributed by atoms with E-state index in [4.69, 9.17) is 15.3 Å². The van der Waals surface area contributed by atoms with Crippen molar-refractivity contribution in [1.82, 2.24) is 5.01 Å². The number of morpholine rings is 1. The first-order chi connectivity index (χ1) is 16.1. The third-order valence-corrected chi connectivity index (χ3v) is 7.32. The van der Waals surface area contributed by atoms with Crippen LogP contribution in [-0.4, -0.2) is 56.1 Å². The minimum absolute atomic E-state index is 0.0159. The van der Waals surface area contributed by atoms with E-state index in [0.29, 0.717) is 35.2 Å². The normalized spacial score (nSPS) is 18.9. The molecule has 2 N–H and O–H groups in total. The van der Waals surface area contributed by atoms with Gasteiger partial charge in [-0.05, 0) is 48.7 Å². The van der Waals surface area contributed by atoms with E-state index in [-0.39, 0.29) is 29.0 Å². The third-order valence-electron chi connectivity index (χ3n) is 5.96. The van der Waals surface area contributed by atoms with Gasteiger partial charge in [-0.3, -0.25) is 9.69 Å². The average Bonchev–Trinajstić information content (AvgIpc) is 3.38. The fourth-order valence-corrected chi connectivity index (χ4v) is 5.34. The Bertz CT molecular complexity index is 1070. The molecule has 1 aromatic carbocycles. The molecule has 184 valence electrons. The summed E-state index contributed by atoms with van der Waals surface area (Å²) >= 11 is 0.362. The highest BCUT2D eigenvalue weighted by Crippen LogP contribution is 2.41. The highest BCUT2D eigenvalue weighted by molar-refractivity contribution is 7.14. The van der Waals surface area contributed by atoms with E-state index >= 15 is 0 Å². The lowest BCUT2D eigenvalue weighted by atomic mass is 10.1. The second-order valence-corrected chi connectivity index (χ2v) is 9.01. The second-order valence-electron chi connectivity index (χ2n) is 7.99. The maximum Gasteiger partial charge on any atom is 0.425 e. The lowest BCUT2D eigenvalue weighted by Crippen LogP contribution is -2.47. The molecule has 2 fully saturated rings. The van der Waals surface area contributed by atoms with E-state index in [1.807, 2.05) is 12.1 Å². The Balaban J connectivity index is 1.49. The second kappa shape index (κ2) is 9.43. The van der Waals surface area contributed by atoms with Crippen LogP contribution < -0.4 is 15.6 Å².